The molecular formula is C13H21NS. The van der Waals surface area contributed by atoms with Crippen molar-refractivity contribution in [3.8, 4) is 0 Å². The fourth-order valence-corrected chi connectivity index (χ4v) is 2.32. The number of rotatable bonds is 6. The van der Waals surface area contributed by atoms with Crippen LogP contribution in [0.1, 0.15) is 32.8 Å². The van der Waals surface area contributed by atoms with Crippen molar-refractivity contribution in [2.24, 2.45) is 0 Å². The largest absolute Gasteiger partial charge is 0.313 e. The van der Waals surface area contributed by atoms with E-state index in [4.69, 9.17) is 0 Å². The monoisotopic (exact) mass is 223 g/mol. The van der Waals surface area contributed by atoms with Gasteiger partial charge in [-0.05, 0) is 30.7 Å². The Morgan fingerprint density at radius 1 is 1.33 bits per heavy atom. The van der Waals surface area contributed by atoms with Crippen molar-refractivity contribution < 1.29 is 0 Å². The van der Waals surface area contributed by atoms with Gasteiger partial charge in [0.1, 0.15) is 0 Å². The van der Waals surface area contributed by atoms with E-state index in [0.29, 0.717) is 5.25 Å². The molecule has 0 amide bonds. The summed E-state index contributed by atoms with van der Waals surface area (Å²) in [4.78, 5) is 1.39. The van der Waals surface area contributed by atoms with Crippen molar-refractivity contribution in [2.75, 3.05) is 6.54 Å². The molecule has 0 aliphatic carbocycles. The van der Waals surface area contributed by atoms with Gasteiger partial charge in [0.15, 0.2) is 0 Å². The Labute approximate surface area is 97.7 Å². The standard InChI is InChI=1S/C13H21NS/c1-4-11(3)15-13-8-6-7-12(9-13)10-14-5-2/h6-9,11,14H,4-5,10H2,1-3H3. The van der Waals surface area contributed by atoms with Crippen molar-refractivity contribution in [3.63, 3.8) is 0 Å². The number of benzene rings is 1. The third-order valence-corrected chi connectivity index (χ3v) is 3.65. The lowest BCUT2D eigenvalue weighted by molar-refractivity contribution is 0.725. The van der Waals surface area contributed by atoms with E-state index < -0.39 is 0 Å². The molecule has 1 aromatic carbocycles. The molecule has 84 valence electrons. The third-order valence-electron chi connectivity index (χ3n) is 2.39. The molecule has 1 atom stereocenters. The Morgan fingerprint density at radius 2 is 2.13 bits per heavy atom. The molecule has 1 N–H and O–H groups in total. The van der Waals surface area contributed by atoms with Gasteiger partial charge in [0.05, 0.1) is 0 Å². The molecule has 1 aromatic rings. The number of hydrogen-bond donors (Lipinski definition) is 1. The van der Waals surface area contributed by atoms with Crippen LogP contribution < -0.4 is 5.32 Å². The average molecular weight is 223 g/mol. The van der Waals surface area contributed by atoms with Crippen LogP contribution in [0.15, 0.2) is 29.2 Å². The Kier molecular flexibility index (Phi) is 5.81. The Balaban J connectivity index is 2.57. The maximum atomic E-state index is 3.35. The minimum atomic E-state index is 0.708. The second-order valence-corrected chi connectivity index (χ2v) is 5.28. The zero-order valence-corrected chi connectivity index (χ0v) is 10.7. The molecule has 15 heavy (non-hydrogen) atoms. The summed E-state index contributed by atoms with van der Waals surface area (Å²) in [5.74, 6) is 0. The van der Waals surface area contributed by atoms with Crippen molar-refractivity contribution >= 4 is 11.8 Å². The predicted molar refractivity (Wildman–Crippen MR) is 69.4 cm³/mol. The van der Waals surface area contributed by atoms with Crippen LogP contribution in [0.3, 0.4) is 0 Å². The molecule has 0 radical (unpaired) electrons. The van der Waals surface area contributed by atoms with E-state index in [2.05, 4.69) is 50.4 Å². The second-order valence-electron chi connectivity index (χ2n) is 3.76. The summed E-state index contributed by atoms with van der Waals surface area (Å²) in [5.41, 5.74) is 1.38. The van der Waals surface area contributed by atoms with Crippen LogP contribution in [0.25, 0.3) is 0 Å². The van der Waals surface area contributed by atoms with Gasteiger partial charge in [-0.1, -0.05) is 32.9 Å². The molecule has 0 saturated carbocycles. The molecule has 0 aromatic heterocycles. The first-order valence-electron chi connectivity index (χ1n) is 5.72. The minimum Gasteiger partial charge on any atom is -0.313 e. The van der Waals surface area contributed by atoms with E-state index in [-0.39, 0.29) is 0 Å². The fraction of sp³-hybridized carbons (Fsp3) is 0.538. The first-order chi connectivity index (χ1) is 7.26. The van der Waals surface area contributed by atoms with Gasteiger partial charge in [-0.2, -0.15) is 0 Å². The first-order valence-corrected chi connectivity index (χ1v) is 6.60. The highest BCUT2D eigenvalue weighted by molar-refractivity contribution is 7.99. The van der Waals surface area contributed by atoms with E-state index in [9.17, 15) is 0 Å². The van der Waals surface area contributed by atoms with Gasteiger partial charge in [0.2, 0.25) is 0 Å². The summed E-state index contributed by atoms with van der Waals surface area (Å²) < 4.78 is 0. The van der Waals surface area contributed by atoms with Crippen molar-refractivity contribution in [2.45, 2.75) is 43.9 Å². The minimum absolute atomic E-state index is 0.708. The van der Waals surface area contributed by atoms with Gasteiger partial charge < -0.3 is 5.32 Å². The molecule has 0 aliphatic rings. The van der Waals surface area contributed by atoms with Gasteiger partial charge >= 0.3 is 0 Å². The van der Waals surface area contributed by atoms with Crippen LogP contribution in [-0.2, 0) is 6.54 Å². The summed E-state index contributed by atoms with van der Waals surface area (Å²) in [6.07, 6.45) is 1.22. The summed E-state index contributed by atoms with van der Waals surface area (Å²) >= 11 is 1.96. The number of nitrogens with one attached hydrogen (secondary N) is 1. The summed E-state index contributed by atoms with van der Waals surface area (Å²) in [5, 5.41) is 4.06. The molecule has 0 heterocycles. The van der Waals surface area contributed by atoms with Crippen molar-refractivity contribution in [1.82, 2.24) is 5.32 Å². The van der Waals surface area contributed by atoms with Crippen LogP contribution in [0.5, 0.6) is 0 Å². The Bertz CT molecular complexity index is 286. The van der Waals surface area contributed by atoms with Gasteiger partial charge in [0, 0.05) is 16.7 Å². The lowest BCUT2D eigenvalue weighted by Crippen LogP contribution is -2.11. The summed E-state index contributed by atoms with van der Waals surface area (Å²) in [7, 11) is 0. The van der Waals surface area contributed by atoms with Gasteiger partial charge in [-0.25, -0.2) is 0 Å². The van der Waals surface area contributed by atoms with Crippen LogP contribution >= 0.6 is 11.8 Å². The topological polar surface area (TPSA) is 12.0 Å². The lowest BCUT2D eigenvalue weighted by atomic mass is 10.2. The molecule has 1 rings (SSSR count). The van der Waals surface area contributed by atoms with Crippen LogP contribution in [-0.4, -0.2) is 11.8 Å². The molecule has 2 heteroatoms. The van der Waals surface area contributed by atoms with E-state index in [1.807, 2.05) is 11.8 Å². The first kappa shape index (κ1) is 12.6. The van der Waals surface area contributed by atoms with Crippen LogP contribution in [0.2, 0.25) is 0 Å². The fourth-order valence-electron chi connectivity index (χ4n) is 1.31. The number of thioether (sulfide) groups is 1. The molecular weight excluding hydrogens is 202 g/mol. The smallest absolute Gasteiger partial charge is 0.0205 e. The highest BCUT2D eigenvalue weighted by Crippen LogP contribution is 2.25. The maximum Gasteiger partial charge on any atom is 0.0205 e. The zero-order valence-electron chi connectivity index (χ0n) is 9.92. The number of hydrogen-bond acceptors (Lipinski definition) is 2. The molecule has 1 unspecified atom stereocenters. The quantitative estimate of drug-likeness (QED) is 0.738. The van der Waals surface area contributed by atoms with Gasteiger partial charge in [-0.15, -0.1) is 11.8 Å². The third kappa shape index (κ3) is 4.72. The molecule has 0 spiro atoms. The lowest BCUT2D eigenvalue weighted by Gasteiger charge is -2.09. The Hall–Kier alpha value is -0.470. The van der Waals surface area contributed by atoms with E-state index in [1.54, 1.807) is 0 Å². The van der Waals surface area contributed by atoms with Crippen LogP contribution in [0.4, 0.5) is 0 Å². The zero-order chi connectivity index (χ0) is 11.1. The summed E-state index contributed by atoms with van der Waals surface area (Å²) in [6.45, 7) is 8.66. The molecule has 0 aliphatic heterocycles. The van der Waals surface area contributed by atoms with Crippen molar-refractivity contribution in [1.29, 1.82) is 0 Å². The predicted octanol–water partition coefficient (Wildman–Crippen LogP) is 3.69. The SMILES string of the molecule is CCNCc1cccc(SC(C)CC)c1. The van der Waals surface area contributed by atoms with Gasteiger partial charge in [-0.3, -0.25) is 0 Å². The van der Waals surface area contributed by atoms with Crippen molar-refractivity contribution in [3.05, 3.63) is 29.8 Å². The van der Waals surface area contributed by atoms with E-state index in [1.165, 1.54) is 16.9 Å². The highest BCUT2D eigenvalue weighted by Gasteiger charge is 2.02. The van der Waals surface area contributed by atoms with E-state index in [0.717, 1.165) is 13.1 Å². The van der Waals surface area contributed by atoms with Crippen LogP contribution in [0, 0.1) is 0 Å². The Morgan fingerprint density at radius 3 is 2.80 bits per heavy atom. The normalized spacial score (nSPS) is 12.7. The molecule has 0 bridgehead atoms. The summed E-state index contributed by atoms with van der Waals surface area (Å²) in [6, 6.07) is 8.83. The second kappa shape index (κ2) is 6.91. The maximum absolute atomic E-state index is 3.35. The molecule has 1 nitrogen and oxygen atoms in total. The van der Waals surface area contributed by atoms with E-state index >= 15 is 0 Å². The molecule has 0 fully saturated rings. The highest BCUT2D eigenvalue weighted by atomic mass is 32.2. The molecule has 0 saturated heterocycles. The van der Waals surface area contributed by atoms with Gasteiger partial charge in [0.25, 0.3) is 0 Å². The average Bonchev–Trinajstić information content (AvgIpc) is 2.26.